The maximum Gasteiger partial charge on any atom is 0.264 e. The van der Waals surface area contributed by atoms with Crippen molar-refractivity contribution in [3.8, 4) is 5.75 Å². The second-order valence-electron chi connectivity index (χ2n) is 16.1. The van der Waals surface area contributed by atoms with E-state index in [2.05, 4.69) is 14.8 Å². The summed E-state index contributed by atoms with van der Waals surface area (Å²) >= 11 is 0. The third-order valence-corrected chi connectivity index (χ3v) is 16.3. The number of sulfonamides is 2. The van der Waals surface area contributed by atoms with Gasteiger partial charge in [0.1, 0.15) is 29.0 Å². The lowest BCUT2D eigenvalue weighted by atomic mass is 9.73. The van der Waals surface area contributed by atoms with Crippen molar-refractivity contribution < 1.29 is 36.0 Å². The number of hydrogen-bond donors (Lipinski definition) is 3. The zero-order valence-electron chi connectivity index (χ0n) is 30.1. The van der Waals surface area contributed by atoms with Crippen LogP contribution >= 0.6 is 0 Å². The van der Waals surface area contributed by atoms with Gasteiger partial charge in [-0.05, 0) is 77.7 Å². The van der Waals surface area contributed by atoms with Crippen LogP contribution in [0.25, 0.3) is 10.9 Å². The van der Waals surface area contributed by atoms with Gasteiger partial charge in [-0.1, -0.05) is 55.3 Å². The van der Waals surface area contributed by atoms with Crippen LogP contribution in [-0.4, -0.2) is 84.2 Å². The summed E-state index contributed by atoms with van der Waals surface area (Å²) in [4.78, 5) is 49.6. The number of allylic oxidation sites excluding steroid dienone is 1. The van der Waals surface area contributed by atoms with Crippen molar-refractivity contribution in [1.29, 1.82) is 0 Å². The summed E-state index contributed by atoms with van der Waals surface area (Å²) < 4.78 is 63.7. The number of nitrogens with one attached hydrogen (secondary N) is 3. The first-order chi connectivity index (χ1) is 25.2. The Morgan fingerprint density at radius 1 is 1.02 bits per heavy atom. The number of pyridine rings is 1. The number of carbonyl (C=O) groups excluding carboxylic acids is 3. The normalized spacial score (nSPS) is 31.9. The Bertz CT molecular complexity index is 2160. The lowest BCUT2D eigenvalue weighted by Gasteiger charge is -2.42. The molecule has 2 saturated carbocycles. The second-order valence-corrected chi connectivity index (χ2v) is 20.3. The number of ether oxygens (including phenoxy) is 1. The molecule has 3 fully saturated rings. The molecular formula is C38H47N5O8S2. The van der Waals surface area contributed by atoms with Crippen molar-refractivity contribution >= 4 is 48.7 Å². The van der Waals surface area contributed by atoms with Gasteiger partial charge in [-0.3, -0.25) is 19.1 Å². The van der Waals surface area contributed by atoms with E-state index in [4.69, 9.17) is 9.72 Å². The van der Waals surface area contributed by atoms with Crippen molar-refractivity contribution in [2.24, 2.45) is 5.92 Å². The van der Waals surface area contributed by atoms with Gasteiger partial charge < -0.3 is 15.0 Å². The number of aryl methyl sites for hydroxylation is 2. The molecule has 1 saturated heterocycles. The molecule has 15 heteroatoms. The van der Waals surface area contributed by atoms with Gasteiger partial charge >= 0.3 is 0 Å². The summed E-state index contributed by atoms with van der Waals surface area (Å²) in [6.45, 7) is 3.47. The van der Waals surface area contributed by atoms with E-state index in [9.17, 15) is 31.2 Å². The van der Waals surface area contributed by atoms with Gasteiger partial charge in [0.2, 0.25) is 31.9 Å². The Balaban J connectivity index is 1.16. The average Bonchev–Trinajstić information content (AvgIpc) is 4.05. The zero-order valence-corrected chi connectivity index (χ0v) is 31.7. The van der Waals surface area contributed by atoms with Crippen molar-refractivity contribution in [1.82, 2.24) is 24.6 Å². The third kappa shape index (κ3) is 6.45. The van der Waals surface area contributed by atoms with E-state index in [-0.39, 0.29) is 19.4 Å². The summed E-state index contributed by atoms with van der Waals surface area (Å²) in [6, 6.07) is 5.59. The summed E-state index contributed by atoms with van der Waals surface area (Å²) in [5, 5.41) is 3.33. The van der Waals surface area contributed by atoms with E-state index >= 15 is 0 Å². The average molecular weight is 766 g/mol. The molecule has 13 nitrogen and oxygen atoms in total. The molecule has 2 aromatic rings. The third-order valence-electron chi connectivity index (χ3n) is 12.2. The molecular weight excluding hydrogens is 719 g/mol. The van der Waals surface area contributed by atoms with Crippen LogP contribution in [0.3, 0.4) is 0 Å². The number of carbonyl (C=O) groups is 3. The minimum atomic E-state index is -4.03. The minimum Gasteiger partial charge on any atom is -0.483 e. The van der Waals surface area contributed by atoms with Crippen LogP contribution in [0.5, 0.6) is 5.75 Å². The molecule has 1 spiro atoms. The first kappa shape index (κ1) is 36.2. The van der Waals surface area contributed by atoms with Crippen LogP contribution in [0.1, 0.15) is 88.8 Å². The van der Waals surface area contributed by atoms with E-state index in [0.717, 1.165) is 29.3 Å². The number of para-hydroxylation sites is 1. The zero-order chi connectivity index (χ0) is 37.4. The van der Waals surface area contributed by atoms with E-state index in [1.807, 2.05) is 43.3 Å². The predicted octanol–water partition coefficient (Wildman–Crippen LogP) is 3.22. The number of rotatable bonds is 6. The molecule has 3 aliphatic heterocycles. The number of aromatic nitrogens is 1. The largest absolute Gasteiger partial charge is 0.483 e. The number of benzene rings is 1. The number of hydrogen-bond acceptors (Lipinski definition) is 9. The van der Waals surface area contributed by atoms with Gasteiger partial charge in [0.05, 0.1) is 27.8 Å². The molecule has 5 atom stereocenters. The van der Waals surface area contributed by atoms with Gasteiger partial charge in [0.15, 0.2) is 0 Å². The highest BCUT2D eigenvalue weighted by molar-refractivity contribution is 7.91. The highest BCUT2D eigenvalue weighted by atomic mass is 32.2. The quantitative estimate of drug-likeness (QED) is 0.372. The fourth-order valence-corrected chi connectivity index (χ4v) is 11.2. The molecule has 0 bridgehead atoms. The van der Waals surface area contributed by atoms with Crippen LogP contribution < -0.4 is 19.5 Å². The van der Waals surface area contributed by atoms with E-state index < -0.39 is 76.9 Å². The fourth-order valence-electron chi connectivity index (χ4n) is 8.29. The molecule has 0 radical (unpaired) electrons. The summed E-state index contributed by atoms with van der Waals surface area (Å²) in [7, 11) is -7.80. The molecule has 53 heavy (non-hydrogen) atoms. The van der Waals surface area contributed by atoms with E-state index in [1.165, 1.54) is 11.0 Å². The highest BCUT2D eigenvalue weighted by Gasteiger charge is 2.58. The Hall–Kier alpha value is -3.82. The second kappa shape index (κ2) is 12.9. The van der Waals surface area contributed by atoms with E-state index in [0.29, 0.717) is 62.8 Å². The summed E-state index contributed by atoms with van der Waals surface area (Å²) in [5.74, 6) is -2.05. The van der Waals surface area contributed by atoms with Crippen LogP contribution in [0, 0.1) is 12.8 Å². The van der Waals surface area contributed by atoms with Crippen molar-refractivity contribution in [2.45, 2.75) is 124 Å². The Kier molecular flexibility index (Phi) is 8.80. The Labute approximate surface area is 310 Å². The monoisotopic (exact) mass is 765 g/mol. The Morgan fingerprint density at radius 3 is 2.51 bits per heavy atom. The summed E-state index contributed by atoms with van der Waals surface area (Å²) in [6.07, 6.45) is 13.1. The number of nitrogens with zero attached hydrogens (tertiary/aromatic N) is 2. The molecule has 3 N–H and O–H groups in total. The lowest BCUT2D eigenvalue weighted by molar-refractivity contribution is -0.142. The van der Waals surface area contributed by atoms with Gasteiger partial charge in [-0.25, -0.2) is 26.5 Å². The van der Waals surface area contributed by atoms with Crippen LogP contribution in [-0.2, 0) is 40.9 Å². The van der Waals surface area contributed by atoms with Crippen molar-refractivity contribution in [3.05, 3.63) is 59.8 Å². The fraction of sp³-hybridized carbons (Fsp3) is 0.579. The van der Waals surface area contributed by atoms with Crippen LogP contribution in [0.4, 0.5) is 0 Å². The molecule has 6 aliphatic rings. The minimum absolute atomic E-state index is 0.0163. The predicted molar refractivity (Wildman–Crippen MR) is 198 cm³/mol. The topological polar surface area (TPSA) is 181 Å². The van der Waals surface area contributed by atoms with Gasteiger partial charge in [0, 0.05) is 23.3 Å². The van der Waals surface area contributed by atoms with Crippen LogP contribution in [0.15, 0.2) is 48.6 Å². The molecule has 0 unspecified atom stereocenters. The van der Waals surface area contributed by atoms with Crippen molar-refractivity contribution in [3.63, 3.8) is 0 Å². The molecule has 3 aliphatic carbocycles. The lowest BCUT2D eigenvalue weighted by Crippen LogP contribution is -2.67. The Morgan fingerprint density at radius 2 is 1.79 bits per heavy atom. The standard InChI is InChI=1S/C38H47N5O8S2/c1-24-32-28(27-11-8-9-12-29(27)39-24)17-18-37(51-32)22-31-33(44)40-38(35(46)42-53(49,50)36(2)20-21-36)19-16-25(38)10-6-4-3-5-7-13-30(34(45)43(31)23-37)41-52(47,48)26-14-15-26/h6,8-12,16,19,25-26,30-31,41H,3-5,7,13-15,17-18,20-23H2,1-2H3,(H,40,44)(H,42,46)/b10-6-/t25-,30+,31+,37-,38-/m1/s1. The molecule has 3 amide bonds. The highest BCUT2D eigenvalue weighted by Crippen LogP contribution is 2.46. The molecule has 8 rings (SSSR count). The molecule has 1 aromatic heterocycles. The number of amides is 3. The van der Waals surface area contributed by atoms with Gasteiger partial charge in [-0.15, -0.1) is 0 Å². The van der Waals surface area contributed by atoms with Gasteiger partial charge in [-0.2, -0.15) is 0 Å². The molecule has 4 heterocycles. The molecule has 284 valence electrons. The number of fused-ring (bicyclic) bond motifs is 5. The smallest absolute Gasteiger partial charge is 0.264 e. The van der Waals surface area contributed by atoms with Crippen molar-refractivity contribution in [2.75, 3.05) is 6.54 Å². The summed E-state index contributed by atoms with van der Waals surface area (Å²) in [5.41, 5.74) is -0.184. The maximum atomic E-state index is 14.7. The SMILES string of the molecule is Cc1nc2ccccc2c2c1O[C@]1(CC2)C[C@H]2C(=O)N[C@]3(C(=O)NS(=O)(=O)C4(C)CC4)C=C[C@H]3/C=C\CCCCC[C@H](NS(=O)(=O)C3CC3)C(=O)N2C1. The first-order valence-electron chi connectivity index (χ1n) is 18.8. The van der Waals surface area contributed by atoms with E-state index in [1.54, 1.807) is 13.0 Å². The maximum absolute atomic E-state index is 14.7. The first-order valence-corrected chi connectivity index (χ1v) is 21.8. The van der Waals surface area contributed by atoms with Crippen LogP contribution in [0.2, 0.25) is 0 Å². The van der Waals surface area contributed by atoms with Gasteiger partial charge in [0.25, 0.3) is 5.91 Å². The molecule has 1 aromatic carbocycles.